The van der Waals surface area contributed by atoms with Gasteiger partial charge in [0.25, 0.3) is 0 Å². The van der Waals surface area contributed by atoms with Crippen LogP contribution in [0.3, 0.4) is 0 Å². The number of benzene rings is 1. The molecule has 0 saturated heterocycles. The number of aryl methyl sites for hydroxylation is 2. The minimum Gasteiger partial charge on any atom is -0.466 e. The Hall–Kier alpha value is -1.31. The van der Waals surface area contributed by atoms with Crippen LogP contribution in [0.1, 0.15) is 50.7 Å². The number of hydrogen-bond acceptors (Lipinski definition) is 2. The van der Waals surface area contributed by atoms with E-state index in [0.717, 1.165) is 25.7 Å². The van der Waals surface area contributed by atoms with E-state index in [0.29, 0.717) is 6.61 Å². The van der Waals surface area contributed by atoms with E-state index >= 15 is 0 Å². The number of carbonyl (C=O) groups excluding carboxylic acids is 1. The molecule has 1 aromatic carbocycles. The Balaban J connectivity index is 2.06. The smallest absolute Gasteiger partial charge is 0.308 e. The molecule has 2 nitrogen and oxygen atoms in total. The van der Waals surface area contributed by atoms with Gasteiger partial charge in [-0.15, -0.1) is 0 Å². The maximum absolute atomic E-state index is 11.4. The summed E-state index contributed by atoms with van der Waals surface area (Å²) in [6, 6.07) is 8.69. The summed E-state index contributed by atoms with van der Waals surface area (Å²) in [7, 11) is 0. The highest BCUT2D eigenvalue weighted by Crippen LogP contribution is 2.13. The second-order valence-corrected chi connectivity index (χ2v) is 5.40. The van der Waals surface area contributed by atoms with Gasteiger partial charge in [0, 0.05) is 0 Å². The Morgan fingerprint density at radius 2 is 2.15 bits per heavy atom. The minimum absolute atomic E-state index is 0.0166. The first-order chi connectivity index (χ1) is 9.63. The van der Waals surface area contributed by atoms with Crippen molar-refractivity contribution in [3.05, 3.63) is 41.8 Å². The van der Waals surface area contributed by atoms with E-state index in [1.165, 1.54) is 17.5 Å². The molecule has 0 saturated carbocycles. The first-order valence-electron chi connectivity index (χ1n) is 7.67. The molecule has 1 unspecified atom stereocenters. The quantitative estimate of drug-likeness (QED) is 0.490. The first-order valence-corrected chi connectivity index (χ1v) is 7.67. The summed E-state index contributed by atoms with van der Waals surface area (Å²) >= 11 is 0. The molecule has 1 radical (unpaired) electrons. The highest BCUT2D eigenvalue weighted by atomic mass is 16.5. The minimum atomic E-state index is -0.0688. The van der Waals surface area contributed by atoms with E-state index in [4.69, 9.17) is 4.74 Å². The van der Waals surface area contributed by atoms with Crippen molar-refractivity contribution >= 4 is 5.97 Å². The zero-order valence-electron chi connectivity index (χ0n) is 13.0. The highest BCUT2D eigenvalue weighted by Gasteiger charge is 2.12. The van der Waals surface area contributed by atoms with Crippen LogP contribution in [0.2, 0.25) is 0 Å². The molecule has 0 aliphatic carbocycles. The van der Waals surface area contributed by atoms with Crippen LogP contribution >= 0.6 is 0 Å². The molecule has 1 atom stereocenters. The summed E-state index contributed by atoms with van der Waals surface area (Å²) in [6.07, 6.45) is 7.61. The van der Waals surface area contributed by atoms with Crippen molar-refractivity contribution in [3.8, 4) is 0 Å². The molecule has 0 heterocycles. The summed E-state index contributed by atoms with van der Waals surface area (Å²) in [4.78, 5) is 11.4. The SMILES string of the molecule is CCOC(=O)C(C)CC[CH]CCCc1cccc(C)c1. The van der Waals surface area contributed by atoms with Crippen molar-refractivity contribution in [1.82, 2.24) is 0 Å². The van der Waals surface area contributed by atoms with E-state index in [1.807, 2.05) is 13.8 Å². The van der Waals surface area contributed by atoms with Gasteiger partial charge in [0.2, 0.25) is 0 Å². The summed E-state index contributed by atoms with van der Waals surface area (Å²) in [5.41, 5.74) is 2.74. The second-order valence-electron chi connectivity index (χ2n) is 5.40. The zero-order valence-corrected chi connectivity index (χ0v) is 13.0. The van der Waals surface area contributed by atoms with Gasteiger partial charge < -0.3 is 4.74 Å². The summed E-state index contributed by atoms with van der Waals surface area (Å²) in [6.45, 7) is 6.40. The number of esters is 1. The van der Waals surface area contributed by atoms with Gasteiger partial charge >= 0.3 is 5.97 Å². The van der Waals surface area contributed by atoms with E-state index in [9.17, 15) is 4.79 Å². The van der Waals surface area contributed by atoms with Gasteiger partial charge in [-0.25, -0.2) is 0 Å². The van der Waals surface area contributed by atoms with E-state index in [-0.39, 0.29) is 11.9 Å². The van der Waals surface area contributed by atoms with Crippen LogP contribution in [0.5, 0.6) is 0 Å². The van der Waals surface area contributed by atoms with Gasteiger partial charge in [-0.1, -0.05) is 36.8 Å². The Labute approximate surface area is 123 Å². The number of unbranched alkanes of at least 4 members (excludes halogenated alkanes) is 3. The average molecular weight is 275 g/mol. The molecule has 1 aromatic rings. The lowest BCUT2D eigenvalue weighted by Gasteiger charge is -2.09. The largest absolute Gasteiger partial charge is 0.466 e. The standard InChI is InChI=1S/C18H27O2/c1-4-20-18(19)16(3)11-7-5-6-8-12-17-13-9-10-15(2)14-17/h5,9-10,13-14,16H,4,6-8,11-12H2,1-3H3. The fourth-order valence-electron chi connectivity index (χ4n) is 2.23. The van der Waals surface area contributed by atoms with Gasteiger partial charge in [-0.05, 0) is 57.9 Å². The molecule has 0 aromatic heterocycles. The van der Waals surface area contributed by atoms with Crippen LogP contribution < -0.4 is 0 Å². The molecule has 2 heteroatoms. The molecule has 0 bridgehead atoms. The molecule has 0 N–H and O–H groups in total. The number of hydrogen-bond donors (Lipinski definition) is 0. The van der Waals surface area contributed by atoms with Crippen LogP contribution in [0.4, 0.5) is 0 Å². The molecule has 0 fully saturated rings. The van der Waals surface area contributed by atoms with Crippen molar-refractivity contribution in [2.75, 3.05) is 6.61 Å². The molecule has 0 aliphatic rings. The number of carbonyl (C=O) groups is 1. The van der Waals surface area contributed by atoms with Crippen molar-refractivity contribution in [3.63, 3.8) is 0 Å². The Kier molecular flexibility index (Phi) is 8.01. The summed E-state index contributed by atoms with van der Waals surface area (Å²) < 4.78 is 5.00. The fraction of sp³-hybridized carbons (Fsp3) is 0.556. The highest BCUT2D eigenvalue weighted by molar-refractivity contribution is 5.71. The second kappa shape index (κ2) is 9.57. The van der Waals surface area contributed by atoms with Crippen molar-refractivity contribution < 1.29 is 9.53 Å². The van der Waals surface area contributed by atoms with Gasteiger partial charge in [-0.3, -0.25) is 4.79 Å². The molecule has 0 amide bonds. The molecule has 20 heavy (non-hydrogen) atoms. The predicted molar refractivity (Wildman–Crippen MR) is 83.4 cm³/mol. The predicted octanol–water partition coefficient (Wildman–Crippen LogP) is 4.50. The van der Waals surface area contributed by atoms with E-state index < -0.39 is 0 Å². The van der Waals surface area contributed by atoms with Gasteiger partial charge in [0.15, 0.2) is 0 Å². The van der Waals surface area contributed by atoms with Crippen LogP contribution in [-0.2, 0) is 16.0 Å². The topological polar surface area (TPSA) is 26.3 Å². The zero-order chi connectivity index (χ0) is 14.8. The third kappa shape index (κ3) is 6.74. The van der Waals surface area contributed by atoms with Crippen LogP contribution in [-0.4, -0.2) is 12.6 Å². The van der Waals surface area contributed by atoms with Crippen molar-refractivity contribution in [1.29, 1.82) is 0 Å². The molecule has 0 spiro atoms. The van der Waals surface area contributed by atoms with Gasteiger partial charge in [-0.2, -0.15) is 0 Å². The number of ether oxygens (including phenoxy) is 1. The van der Waals surface area contributed by atoms with Crippen LogP contribution in [0.15, 0.2) is 24.3 Å². The van der Waals surface area contributed by atoms with Crippen molar-refractivity contribution in [2.45, 2.75) is 52.9 Å². The van der Waals surface area contributed by atoms with Crippen molar-refractivity contribution in [2.24, 2.45) is 5.92 Å². The van der Waals surface area contributed by atoms with Gasteiger partial charge in [0.1, 0.15) is 0 Å². The Morgan fingerprint density at radius 3 is 2.85 bits per heavy atom. The van der Waals surface area contributed by atoms with E-state index in [2.05, 4.69) is 37.6 Å². The van der Waals surface area contributed by atoms with E-state index in [1.54, 1.807) is 0 Å². The molecular weight excluding hydrogens is 248 g/mol. The number of rotatable bonds is 9. The molecular formula is C18H27O2. The molecule has 111 valence electrons. The van der Waals surface area contributed by atoms with Crippen LogP contribution in [0.25, 0.3) is 0 Å². The third-order valence-corrected chi connectivity index (χ3v) is 3.45. The average Bonchev–Trinajstić information content (AvgIpc) is 2.42. The normalized spacial score (nSPS) is 12.2. The Bertz CT molecular complexity index is 398. The third-order valence-electron chi connectivity index (χ3n) is 3.45. The van der Waals surface area contributed by atoms with Gasteiger partial charge in [0.05, 0.1) is 12.5 Å². The summed E-state index contributed by atoms with van der Waals surface area (Å²) in [5.74, 6) is -0.0522. The maximum Gasteiger partial charge on any atom is 0.308 e. The van der Waals surface area contributed by atoms with Crippen LogP contribution in [0, 0.1) is 19.3 Å². The summed E-state index contributed by atoms with van der Waals surface area (Å²) in [5, 5.41) is 0. The lowest BCUT2D eigenvalue weighted by atomic mass is 10.0. The lowest BCUT2D eigenvalue weighted by molar-refractivity contribution is -0.147. The molecule has 1 rings (SSSR count). The Morgan fingerprint density at radius 1 is 1.35 bits per heavy atom. The fourth-order valence-corrected chi connectivity index (χ4v) is 2.23. The maximum atomic E-state index is 11.4. The first kappa shape index (κ1) is 16.7. The monoisotopic (exact) mass is 275 g/mol. The lowest BCUT2D eigenvalue weighted by Crippen LogP contribution is -2.14. The molecule has 0 aliphatic heterocycles.